The van der Waals surface area contributed by atoms with Gasteiger partial charge in [0.15, 0.2) is 0 Å². The Bertz CT molecular complexity index is 1080. The number of nitrogens with zero attached hydrogens (tertiary/aromatic N) is 3. The second-order valence-electron chi connectivity index (χ2n) is 8.85. The van der Waals surface area contributed by atoms with E-state index in [0.29, 0.717) is 43.1 Å². The largest absolute Gasteiger partial charge is 0.478 e. The van der Waals surface area contributed by atoms with Gasteiger partial charge in [-0.2, -0.15) is 8.78 Å². The lowest BCUT2D eigenvalue weighted by Gasteiger charge is -2.10. The highest BCUT2D eigenvalue weighted by Gasteiger charge is 2.36. The van der Waals surface area contributed by atoms with E-state index in [1.807, 2.05) is 36.4 Å². The van der Waals surface area contributed by atoms with Gasteiger partial charge in [0.25, 0.3) is 0 Å². The van der Waals surface area contributed by atoms with Crippen LogP contribution in [-0.2, 0) is 25.3 Å². The monoisotopic (exact) mass is 455 g/mol. The molecule has 33 heavy (non-hydrogen) atoms. The number of carboxylic acids is 1. The van der Waals surface area contributed by atoms with Gasteiger partial charge in [-0.05, 0) is 47.9 Å². The molecule has 2 aromatic carbocycles. The summed E-state index contributed by atoms with van der Waals surface area (Å²) in [5, 5.41) is 13.6. The summed E-state index contributed by atoms with van der Waals surface area (Å²) < 4.78 is 30.5. The molecule has 0 amide bonds. The van der Waals surface area contributed by atoms with Crippen LogP contribution in [0.5, 0.6) is 0 Å². The Morgan fingerprint density at radius 2 is 1.76 bits per heavy atom. The molecule has 0 aliphatic rings. The van der Waals surface area contributed by atoms with Crippen LogP contribution in [0.4, 0.5) is 8.78 Å². The van der Waals surface area contributed by atoms with Crippen LogP contribution in [-0.4, -0.2) is 25.8 Å². The third kappa shape index (κ3) is 6.46. The quantitative estimate of drug-likeness (QED) is 0.380. The van der Waals surface area contributed by atoms with Gasteiger partial charge < -0.3 is 5.11 Å². The first-order valence-electron chi connectivity index (χ1n) is 11.4. The lowest BCUT2D eigenvalue weighted by atomic mass is 9.99. The summed E-state index contributed by atoms with van der Waals surface area (Å²) in [6.45, 7) is 6.26. The molecule has 0 radical (unpaired) electrons. The summed E-state index contributed by atoms with van der Waals surface area (Å²) in [6, 6.07) is 14.7. The second-order valence-corrected chi connectivity index (χ2v) is 8.85. The number of aromatic carboxylic acids is 1. The van der Waals surface area contributed by atoms with Crippen LogP contribution in [0.3, 0.4) is 0 Å². The number of carbonyl (C=O) groups is 1. The summed E-state index contributed by atoms with van der Waals surface area (Å²) in [5.74, 6) is -3.37. The summed E-state index contributed by atoms with van der Waals surface area (Å²) in [7, 11) is 0. The predicted octanol–water partition coefficient (Wildman–Crippen LogP) is 6.10. The molecule has 3 aromatic rings. The Morgan fingerprint density at radius 1 is 1.09 bits per heavy atom. The molecule has 0 saturated heterocycles. The maximum absolute atomic E-state index is 14.5. The molecule has 176 valence electrons. The number of halogens is 2. The molecular formula is C26H31F2N3O2. The van der Waals surface area contributed by atoms with Gasteiger partial charge in [0.2, 0.25) is 5.82 Å². The SMILES string of the molecule is CCCC(F)(F)c1nc(CCC(C)C)n(Cc2ccc(Cc3ccccc3C(=O)O)cc2)n1. The molecule has 0 aliphatic carbocycles. The van der Waals surface area contributed by atoms with E-state index in [1.165, 1.54) is 0 Å². The number of benzene rings is 2. The zero-order chi connectivity index (χ0) is 24.0. The van der Waals surface area contributed by atoms with E-state index >= 15 is 0 Å². The second kappa shape index (κ2) is 10.7. The van der Waals surface area contributed by atoms with Crippen molar-refractivity contribution in [2.45, 2.75) is 65.3 Å². The van der Waals surface area contributed by atoms with Crippen LogP contribution in [0.1, 0.15) is 78.7 Å². The molecule has 0 aliphatic heterocycles. The lowest BCUT2D eigenvalue weighted by molar-refractivity contribution is -0.0232. The Kier molecular flexibility index (Phi) is 7.95. The van der Waals surface area contributed by atoms with Crippen LogP contribution in [0.2, 0.25) is 0 Å². The van der Waals surface area contributed by atoms with Crippen molar-refractivity contribution in [1.82, 2.24) is 14.8 Å². The first-order chi connectivity index (χ1) is 15.7. The Labute approximate surface area is 193 Å². The normalized spacial score (nSPS) is 11.8. The Hall–Kier alpha value is -3.09. The molecule has 1 aromatic heterocycles. The number of carboxylic acid groups (broad SMARTS) is 1. The van der Waals surface area contributed by atoms with Gasteiger partial charge in [0.1, 0.15) is 5.82 Å². The van der Waals surface area contributed by atoms with Gasteiger partial charge in [-0.3, -0.25) is 0 Å². The van der Waals surface area contributed by atoms with E-state index in [0.717, 1.165) is 23.1 Å². The van der Waals surface area contributed by atoms with Gasteiger partial charge in [-0.25, -0.2) is 14.5 Å². The molecule has 0 spiro atoms. The fourth-order valence-electron chi connectivity index (χ4n) is 3.72. The van der Waals surface area contributed by atoms with Gasteiger partial charge in [0, 0.05) is 12.8 Å². The van der Waals surface area contributed by atoms with E-state index in [4.69, 9.17) is 0 Å². The summed E-state index contributed by atoms with van der Waals surface area (Å²) in [5.41, 5.74) is 2.93. The van der Waals surface area contributed by atoms with Crippen molar-refractivity contribution in [2.24, 2.45) is 5.92 Å². The maximum atomic E-state index is 14.5. The summed E-state index contributed by atoms with van der Waals surface area (Å²) >= 11 is 0. The molecule has 0 unspecified atom stereocenters. The van der Waals surface area contributed by atoms with Gasteiger partial charge in [0.05, 0.1) is 12.1 Å². The minimum absolute atomic E-state index is 0.271. The number of aromatic nitrogens is 3. The van der Waals surface area contributed by atoms with Crippen molar-refractivity contribution in [3.63, 3.8) is 0 Å². The smallest absolute Gasteiger partial charge is 0.335 e. The fraction of sp³-hybridized carbons (Fsp3) is 0.423. The van der Waals surface area contributed by atoms with Gasteiger partial charge in [-0.1, -0.05) is 63.2 Å². The molecule has 1 heterocycles. The standard InChI is InChI=1S/C26H31F2N3O2/c1-4-15-26(27,28)25-29-23(14-9-18(2)3)31(30-25)17-20-12-10-19(11-13-20)16-21-7-5-6-8-22(21)24(32)33/h5-8,10-13,18H,4,9,14-17H2,1-3H3,(H,32,33). The molecule has 5 nitrogen and oxygen atoms in total. The summed E-state index contributed by atoms with van der Waals surface area (Å²) in [4.78, 5) is 15.7. The van der Waals surface area contributed by atoms with Crippen LogP contribution >= 0.6 is 0 Å². The third-order valence-electron chi connectivity index (χ3n) is 5.58. The Morgan fingerprint density at radius 3 is 2.39 bits per heavy atom. The molecule has 1 N–H and O–H groups in total. The fourth-order valence-corrected chi connectivity index (χ4v) is 3.72. The van der Waals surface area contributed by atoms with Crippen LogP contribution in [0.25, 0.3) is 0 Å². The van der Waals surface area contributed by atoms with Crippen molar-refractivity contribution < 1.29 is 18.7 Å². The molecule has 3 rings (SSSR count). The molecule has 0 atom stereocenters. The lowest BCUT2D eigenvalue weighted by Crippen LogP contribution is -2.15. The number of rotatable bonds is 11. The van der Waals surface area contributed by atoms with Gasteiger partial charge in [-0.15, -0.1) is 5.10 Å². The zero-order valence-electron chi connectivity index (χ0n) is 19.4. The Balaban J connectivity index is 1.79. The highest BCUT2D eigenvalue weighted by atomic mass is 19.3. The summed E-state index contributed by atoms with van der Waals surface area (Å²) in [6.07, 6.45) is 2.03. The van der Waals surface area contributed by atoms with E-state index in [2.05, 4.69) is 23.9 Å². The topological polar surface area (TPSA) is 68.0 Å². The average Bonchev–Trinajstić information content (AvgIpc) is 3.17. The van der Waals surface area contributed by atoms with Crippen molar-refractivity contribution in [3.8, 4) is 0 Å². The zero-order valence-corrected chi connectivity index (χ0v) is 19.4. The molecule has 7 heteroatoms. The first-order valence-corrected chi connectivity index (χ1v) is 11.4. The van der Waals surface area contributed by atoms with Gasteiger partial charge >= 0.3 is 11.9 Å². The number of hydrogen-bond acceptors (Lipinski definition) is 3. The minimum atomic E-state index is -3.03. The molecule has 0 saturated carbocycles. The number of alkyl halides is 2. The van der Waals surface area contributed by atoms with E-state index in [9.17, 15) is 18.7 Å². The first kappa shape index (κ1) is 24.6. The number of hydrogen-bond donors (Lipinski definition) is 1. The average molecular weight is 456 g/mol. The van der Waals surface area contributed by atoms with Crippen molar-refractivity contribution in [2.75, 3.05) is 0 Å². The van der Waals surface area contributed by atoms with Crippen molar-refractivity contribution in [3.05, 3.63) is 82.4 Å². The predicted molar refractivity (Wildman–Crippen MR) is 124 cm³/mol. The highest BCUT2D eigenvalue weighted by Crippen LogP contribution is 2.31. The molecule has 0 fully saturated rings. The van der Waals surface area contributed by atoms with Crippen molar-refractivity contribution in [1.29, 1.82) is 0 Å². The van der Waals surface area contributed by atoms with E-state index in [-0.39, 0.29) is 6.42 Å². The third-order valence-corrected chi connectivity index (χ3v) is 5.58. The van der Waals surface area contributed by atoms with E-state index in [1.54, 1.807) is 23.7 Å². The van der Waals surface area contributed by atoms with Crippen LogP contribution in [0.15, 0.2) is 48.5 Å². The maximum Gasteiger partial charge on any atom is 0.335 e. The number of aryl methyl sites for hydroxylation is 1. The minimum Gasteiger partial charge on any atom is -0.478 e. The highest BCUT2D eigenvalue weighted by molar-refractivity contribution is 5.89. The molecular weight excluding hydrogens is 424 g/mol. The molecule has 0 bridgehead atoms. The van der Waals surface area contributed by atoms with E-state index < -0.39 is 17.7 Å². The van der Waals surface area contributed by atoms with Crippen LogP contribution < -0.4 is 0 Å². The van der Waals surface area contributed by atoms with Crippen molar-refractivity contribution >= 4 is 5.97 Å². The van der Waals surface area contributed by atoms with Crippen LogP contribution in [0, 0.1) is 5.92 Å².